The maximum absolute atomic E-state index is 5.13. The molecule has 0 amide bonds. The number of thioether (sulfide) groups is 1. The molecular weight excluding hydrogens is 230 g/mol. The van der Waals surface area contributed by atoms with Gasteiger partial charge in [0.15, 0.2) is 0 Å². The smallest absolute Gasteiger partial charge is 0.118 e. The third kappa shape index (κ3) is 5.99. The van der Waals surface area contributed by atoms with E-state index in [1.165, 1.54) is 12.0 Å². The summed E-state index contributed by atoms with van der Waals surface area (Å²) in [6.45, 7) is 4.43. The highest BCUT2D eigenvalue weighted by Gasteiger charge is 1.98. The fourth-order valence-electron chi connectivity index (χ4n) is 1.57. The van der Waals surface area contributed by atoms with E-state index in [0.29, 0.717) is 0 Å². The van der Waals surface area contributed by atoms with Crippen LogP contribution in [0.1, 0.15) is 18.9 Å². The zero-order valence-corrected chi connectivity index (χ0v) is 11.8. The molecule has 3 heteroatoms. The summed E-state index contributed by atoms with van der Waals surface area (Å²) in [5, 5.41) is 4.24. The molecule has 1 aromatic carbocycles. The predicted molar refractivity (Wildman–Crippen MR) is 77.2 cm³/mol. The normalized spacial score (nSPS) is 12.4. The Labute approximate surface area is 109 Å². The van der Waals surface area contributed by atoms with Gasteiger partial charge in [-0.15, -0.1) is 0 Å². The summed E-state index contributed by atoms with van der Waals surface area (Å²) in [6.07, 6.45) is 4.49. The van der Waals surface area contributed by atoms with Crippen molar-refractivity contribution < 1.29 is 4.74 Å². The third-order valence-corrected chi connectivity index (χ3v) is 3.92. The van der Waals surface area contributed by atoms with Crippen molar-refractivity contribution in [3.63, 3.8) is 0 Å². The van der Waals surface area contributed by atoms with E-state index in [9.17, 15) is 0 Å². The molecule has 0 spiro atoms. The molecule has 0 saturated carbocycles. The Morgan fingerprint density at radius 2 is 1.94 bits per heavy atom. The molecular formula is C14H23NOS. The number of hydrogen-bond acceptors (Lipinski definition) is 3. The standard InChI is InChI=1S/C14H23NOS/c1-12(17-3)8-10-15-11-9-13-4-6-14(16-2)7-5-13/h4-7,12,15H,8-11H2,1-3H3. The summed E-state index contributed by atoms with van der Waals surface area (Å²) in [5.74, 6) is 0.926. The zero-order valence-electron chi connectivity index (χ0n) is 11.0. The van der Waals surface area contributed by atoms with Crippen molar-refractivity contribution in [2.45, 2.75) is 25.0 Å². The Balaban J connectivity index is 2.13. The van der Waals surface area contributed by atoms with Crippen LogP contribution in [0.25, 0.3) is 0 Å². The third-order valence-electron chi connectivity index (χ3n) is 2.88. The average Bonchev–Trinajstić information content (AvgIpc) is 2.38. The lowest BCUT2D eigenvalue weighted by atomic mass is 10.1. The lowest BCUT2D eigenvalue weighted by molar-refractivity contribution is 0.414. The van der Waals surface area contributed by atoms with E-state index < -0.39 is 0 Å². The average molecular weight is 253 g/mol. The molecule has 1 aromatic rings. The molecule has 2 nitrogen and oxygen atoms in total. The van der Waals surface area contributed by atoms with Crippen molar-refractivity contribution in [2.75, 3.05) is 26.5 Å². The summed E-state index contributed by atoms with van der Waals surface area (Å²) in [6, 6.07) is 8.30. The summed E-state index contributed by atoms with van der Waals surface area (Å²) in [4.78, 5) is 0. The van der Waals surface area contributed by atoms with Crippen molar-refractivity contribution in [1.82, 2.24) is 5.32 Å². The van der Waals surface area contributed by atoms with Gasteiger partial charge < -0.3 is 10.1 Å². The van der Waals surface area contributed by atoms with Gasteiger partial charge in [0.1, 0.15) is 5.75 Å². The molecule has 0 bridgehead atoms. The van der Waals surface area contributed by atoms with E-state index in [0.717, 1.165) is 30.5 Å². The molecule has 0 aromatic heterocycles. The summed E-state index contributed by atoms with van der Waals surface area (Å²) in [7, 11) is 1.70. The highest BCUT2D eigenvalue weighted by Crippen LogP contribution is 2.11. The van der Waals surface area contributed by atoms with Gasteiger partial charge in [-0.25, -0.2) is 0 Å². The van der Waals surface area contributed by atoms with Crippen molar-refractivity contribution >= 4 is 11.8 Å². The van der Waals surface area contributed by atoms with Crippen LogP contribution in [-0.4, -0.2) is 31.7 Å². The number of nitrogens with one attached hydrogen (secondary N) is 1. The fourth-order valence-corrected chi connectivity index (χ4v) is 1.93. The molecule has 0 aliphatic rings. The monoisotopic (exact) mass is 253 g/mol. The van der Waals surface area contributed by atoms with Crippen molar-refractivity contribution in [3.05, 3.63) is 29.8 Å². The van der Waals surface area contributed by atoms with Crippen molar-refractivity contribution in [2.24, 2.45) is 0 Å². The van der Waals surface area contributed by atoms with E-state index in [2.05, 4.69) is 30.6 Å². The first kappa shape index (κ1) is 14.4. The van der Waals surface area contributed by atoms with E-state index in [4.69, 9.17) is 4.74 Å². The summed E-state index contributed by atoms with van der Waals surface area (Å²) >= 11 is 1.93. The lowest BCUT2D eigenvalue weighted by Crippen LogP contribution is -2.20. The molecule has 0 aliphatic carbocycles. The molecule has 0 fully saturated rings. The van der Waals surface area contributed by atoms with E-state index in [1.54, 1.807) is 7.11 Å². The van der Waals surface area contributed by atoms with Crippen LogP contribution in [0.2, 0.25) is 0 Å². The predicted octanol–water partition coefficient (Wildman–Crippen LogP) is 2.97. The van der Waals surface area contributed by atoms with Gasteiger partial charge in [-0.1, -0.05) is 19.1 Å². The van der Waals surface area contributed by atoms with Crippen LogP contribution in [0.4, 0.5) is 0 Å². The van der Waals surface area contributed by atoms with Crippen LogP contribution in [0.5, 0.6) is 5.75 Å². The molecule has 0 saturated heterocycles. The van der Waals surface area contributed by atoms with Gasteiger partial charge in [0, 0.05) is 5.25 Å². The van der Waals surface area contributed by atoms with Gasteiger partial charge in [-0.05, 0) is 49.9 Å². The SMILES string of the molecule is COc1ccc(CCNCCC(C)SC)cc1. The lowest BCUT2D eigenvalue weighted by Gasteiger charge is -2.09. The highest BCUT2D eigenvalue weighted by molar-refractivity contribution is 7.99. The number of rotatable bonds is 8. The second-order valence-corrected chi connectivity index (χ2v) is 5.46. The van der Waals surface area contributed by atoms with E-state index >= 15 is 0 Å². The number of hydrogen-bond donors (Lipinski definition) is 1. The molecule has 1 rings (SSSR count). The molecule has 0 radical (unpaired) electrons. The molecule has 0 aliphatic heterocycles. The highest BCUT2D eigenvalue weighted by atomic mass is 32.2. The van der Waals surface area contributed by atoms with E-state index in [-0.39, 0.29) is 0 Å². The van der Waals surface area contributed by atoms with Gasteiger partial charge in [-0.3, -0.25) is 0 Å². The van der Waals surface area contributed by atoms with Crippen molar-refractivity contribution in [1.29, 1.82) is 0 Å². The molecule has 1 N–H and O–H groups in total. The van der Waals surface area contributed by atoms with Gasteiger partial charge in [0.05, 0.1) is 7.11 Å². The maximum Gasteiger partial charge on any atom is 0.118 e. The van der Waals surface area contributed by atoms with Crippen LogP contribution in [0.15, 0.2) is 24.3 Å². The van der Waals surface area contributed by atoms with Gasteiger partial charge >= 0.3 is 0 Å². The number of benzene rings is 1. The first-order chi connectivity index (χ1) is 8.26. The molecule has 1 atom stereocenters. The minimum atomic E-state index is 0.753. The first-order valence-corrected chi connectivity index (χ1v) is 7.41. The summed E-state index contributed by atoms with van der Waals surface area (Å²) in [5.41, 5.74) is 1.36. The Hall–Kier alpha value is -0.670. The largest absolute Gasteiger partial charge is 0.497 e. The number of ether oxygens (including phenoxy) is 1. The van der Waals surface area contributed by atoms with Crippen LogP contribution >= 0.6 is 11.8 Å². The molecule has 17 heavy (non-hydrogen) atoms. The van der Waals surface area contributed by atoms with Crippen LogP contribution in [0.3, 0.4) is 0 Å². The molecule has 1 unspecified atom stereocenters. The van der Waals surface area contributed by atoms with E-state index in [1.807, 2.05) is 23.9 Å². The Kier molecular flexibility index (Phi) is 7.13. The minimum Gasteiger partial charge on any atom is -0.497 e. The van der Waals surface area contributed by atoms with Crippen molar-refractivity contribution in [3.8, 4) is 5.75 Å². The zero-order chi connectivity index (χ0) is 12.5. The number of methoxy groups -OCH3 is 1. The maximum atomic E-state index is 5.13. The summed E-state index contributed by atoms with van der Waals surface area (Å²) < 4.78 is 5.13. The first-order valence-electron chi connectivity index (χ1n) is 6.12. The Bertz CT molecular complexity index is 300. The fraction of sp³-hybridized carbons (Fsp3) is 0.571. The Morgan fingerprint density at radius 3 is 2.53 bits per heavy atom. The second-order valence-electron chi connectivity index (χ2n) is 4.18. The Morgan fingerprint density at radius 1 is 1.24 bits per heavy atom. The minimum absolute atomic E-state index is 0.753. The quantitative estimate of drug-likeness (QED) is 0.720. The van der Waals surface area contributed by atoms with Gasteiger partial charge in [0.25, 0.3) is 0 Å². The van der Waals surface area contributed by atoms with Gasteiger partial charge in [-0.2, -0.15) is 11.8 Å². The topological polar surface area (TPSA) is 21.3 Å². The van der Waals surface area contributed by atoms with Gasteiger partial charge in [0.2, 0.25) is 0 Å². The van der Waals surface area contributed by atoms with Crippen LogP contribution in [-0.2, 0) is 6.42 Å². The second kappa shape index (κ2) is 8.43. The molecule has 96 valence electrons. The molecule has 0 heterocycles. The van der Waals surface area contributed by atoms with Crippen LogP contribution in [0, 0.1) is 0 Å². The van der Waals surface area contributed by atoms with Crippen LogP contribution < -0.4 is 10.1 Å².